The Kier molecular flexibility index (Phi) is 6.57. The van der Waals surface area contributed by atoms with Gasteiger partial charge in [-0.25, -0.2) is 0 Å². The molecule has 0 bridgehead atoms. The topological polar surface area (TPSA) is 20.3 Å². The van der Waals surface area contributed by atoms with Gasteiger partial charge in [-0.05, 0) is 56.1 Å². The van der Waals surface area contributed by atoms with Crippen LogP contribution in [0.15, 0.2) is 66.2 Å². The molecule has 0 radical (unpaired) electrons. The highest BCUT2D eigenvalue weighted by molar-refractivity contribution is 6.05. The van der Waals surface area contributed by atoms with Gasteiger partial charge in [-0.1, -0.05) is 60.7 Å². The Labute approximate surface area is 157 Å². The molecule has 0 aromatic heterocycles. The zero-order chi connectivity index (χ0) is 17.0. The van der Waals surface area contributed by atoms with Crippen LogP contribution in [0.4, 0.5) is 0 Å². The molecule has 1 saturated carbocycles. The molecule has 25 heavy (non-hydrogen) atoms. The van der Waals surface area contributed by atoms with Crippen molar-refractivity contribution in [2.75, 3.05) is 20.6 Å². The summed E-state index contributed by atoms with van der Waals surface area (Å²) in [6.45, 7) is 0.798. The van der Waals surface area contributed by atoms with E-state index in [4.69, 9.17) is 0 Å². The lowest BCUT2D eigenvalue weighted by atomic mass is 9.78. The zero-order valence-corrected chi connectivity index (χ0v) is 15.8. The van der Waals surface area contributed by atoms with E-state index in [1.165, 1.54) is 5.56 Å². The predicted octanol–water partition coefficient (Wildman–Crippen LogP) is 4.65. The summed E-state index contributed by atoms with van der Waals surface area (Å²) in [4.78, 5) is 15.4. The van der Waals surface area contributed by atoms with Crippen molar-refractivity contribution in [1.82, 2.24) is 4.90 Å². The molecule has 132 valence electrons. The summed E-state index contributed by atoms with van der Waals surface area (Å²) in [6, 6.07) is 20.5. The van der Waals surface area contributed by atoms with Crippen LogP contribution < -0.4 is 0 Å². The number of carbonyl (C=O) groups excluding carboxylic acids is 1. The fraction of sp³-hybridized carbons (Fsp3) is 0.318. The fourth-order valence-electron chi connectivity index (χ4n) is 3.80. The minimum atomic E-state index is -0.300. The van der Waals surface area contributed by atoms with Crippen LogP contribution in [0.3, 0.4) is 0 Å². The van der Waals surface area contributed by atoms with E-state index in [0.717, 1.165) is 36.9 Å². The van der Waals surface area contributed by atoms with Crippen molar-refractivity contribution in [2.24, 2.45) is 5.41 Å². The van der Waals surface area contributed by atoms with E-state index in [2.05, 4.69) is 61.5 Å². The number of Topliss-reactive ketones (excluding diaryl/α,β-unsaturated/α-hetero) is 1. The van der Waals surface area contributed by atoms with Crippen LogP contribution in [0.25, 0.3) is 6.08 Å². The lowest BCUT2D eigenvalue weighted by Gasteiger charge is -2.30. The second-order valence-electron chi connectivity index (χ2n) is 7.09. The third kappa shape index (κ3) is 4.59. The number of hydrogen-bond donors (Lipinski definition) is 0. The van der Waals surface area contributed by atoms with E-state index in [-0.39, 0.29) is 17.8 Å². The molecule has 0 N–H and O–H groups in total. The average molecular weight is 356 g/mol. The fourth-order valence-corrected chi connectivity index (χ4v) is 3.80. The molecule has 0 aliphatic heterocycles. The lowest BCUT2D eigenvalue weighted by molar-refractivity contribution is -0.123. The summed E-state index contributed by atoms with van der Waals surface area (Å²) < 4.78 is 0. The van der Waals surface area contributed by atoms with Crippen LogP contribution in [-0.4, -0.2) is 31.3 Å². The van der Waals surface area contributed by atoms with Gasteiger partial charge in [0.2, 0.25) is 0 Å². The molecular formula is C22H26ClNO. The van der Waals surface area contributed by atoms with Crippen molar-refractivity contribution in [3.05, 3.63) is 77.4 Å². The minimum Gasteiger partial charge on any atom is -0.308 e. The van der Waals surface area contributed by atoms with Gasteiger partial charge in [0.05, 0.1) is 5.41 Å². The second-order valence-corrected chi connectivity index (χ2v) is 7.09. The van der Waals surface area contributed by atoms with Gasteiger partial charge in [-0.3, -0.25) is 4.79 Å². The van der Waals surface area contributed by atoms with Gasteiger partial charge in [0.15, 0.2) is 5.78 Å². The van der Waals surface area contributed by atoms with Crippen molar-refractivity contribution in [2.45, 2.75) is 19.3 Å². The van der Waals surface area contributed by atoms with Gasteiger partial charge >= 0.3 is 0 Å². The Morgan fingerprint density at radius 3 is 2.20 bits per heavy atom. The van der Waals surface area contributed by atoms with E-state index >= 15 is 0 Å². The highest BCUT2D eigenvalue weighted by Crippen LogP contribution is 2.42. The summed E-state index contributed by atoms with van der Waals surface area (Å²) in [5, 5.41) is 0. The first-order valence-corrected chi connectivity index (χ1v) is 8.58. The van der Waals surface area contributed by atoms with E-state index in [1.807, 2.05) is 24.3 Å². The van der Waals surface area contributed by atoms with E-state index in [1.54, 1.807) is 0 Å². The monoisotopic (exact) mass is 355 g/mol. The Morgan fingerprint density at radius 1 is 1.00 bits per heavy atom. The Balaban J connectivity index is 0.00000225. The number of halogens is 1. The number of rotatable bonds is 5. The molecule has 1 aliphatic carbocycles. The van der Waals surface area contributed by atoms with Crippen LogP contribution >= 0.6 is 12.4 Å². The van der Waals surface area contributed by atoms with Gasteiger partial charge in [0.1, 0.15) is 0 Å². The molecule has 0 amide bonds. The zero-order valence-electron chi connectivity index (χ0n) is 14.9. The van der Waals surface area contributed by atoms with Crippen molar-refractivity contribution < 1.29 is 4.79 Å². The molecule has 3 heteroatoms. The third-order valence-corrected chi connectivity index (χ3v) is 4.79. The van der Waals surface area contributed by atoms with Crippen LogP contribution in [-0.2, 0) is 11.2 Å². The van der Waals surface area contributed by atoms with Gasteiger partial charge in [-0.15, -0.1) is 12.4 Å². The number of benzene rings is 2. The SMILES string of the molecule is CN(C)CC1(Cc2ccccc2)CC/C(=C\c2ccccc2)C1=O.Cl. The first-order valence-electron chi connectivity index (χ1n) is 8.58. The maximum absolute atomic E-state index is 13.3. The molecule has 0 heterocycles. The van der Waals surface area contributed by atoms with Gasteiger partial charge < -0.3 is 4.90 Å². The van der Waals surface area contributed by atoms with Crippen LogP contribution in [0, 0.1) is 5.41 Å². The highest BCUT2D eigenvalue weighted by Gasteiger charge is 2.44. The smallest absolute Gasteiger partial charge is 0.166 e. The van der Waals surface area contributed by atoms with E-state index in [0.29, 0.717) is 5.78 Å². The molecule has 0 spiro atoms. The first-order chi connectivity index (χ1) is 11.6. The molecule has 2 aromatic rings. The number of allylic oxidation sites excluding steroid dienone is 1. The van der Waals surface area contributed by atoms with Crippen LogP contribution in [0.5, 0.6) is 0 Å². The quantitative estimate of drug-likeness (QED) is 0.728. The van der Waals surface area contributed by atoms with E-state index in [9.17, 15) is 4.79 Å². The van der Waals surface area contributed by atoms with Crippen molar-refractivity contribution in [3.63, 3.8) is 0 Å². The molecule has 1 atom stereocenters. The summed E-state index contributed by atoms with van der Waals surface area (Å²) >= 11 is 0. The van der Waals surface area contributed by atoms with E-state index < -0.39 is 0 Å². The molecule has 3 rings (SSSR count). The summed E-state index contributed by atoms with van der Waals surface area (Å²) in [6.07, 6.45) is 4.69. The molecule has 0 saturated heterocycles. The van der Waals surface area contributed by atoms with Gasteiger partial charge in [0, 0.05) is 6.54 Å². The number of ketones is 1. The van der Waals surface area contributed by atoms with Crippen molar-refractivity contribution >= 4 is 24.3 Å². The largest absolute Gasteiger partial charge is 0.308 e. The molecule has 2 aromatic carbocycles. The molecular weight excluding hydrogens is 330 g/mol. The summed E-state index contributed by atoms with van der Waals surface area (Å²) in [5.74, 6) is 0.323. The van der Waals surface area contributed by atoms with Crippen molar-refractivity contribution in [1.29, 1.82) is 0 Å². The maximum Gasteiger partial charge on any atom is 0.166 e. The van der Waals surface area contributed by atoms with Gasteiger partial charge in [-0.2, -0.15) is 0 Å². The third-order valence-electron chi connectivity index (χ3n) is 4.79. The van der Waals surface area contributed by atoms with Crippen LogP contribution in [0.2, 0.25) is 0 Å². The Morgan fingerprint density at radius 2 is 1.60 bits per heavy atom. The number of nitrogens with zero attached hydrogens (tertiary/aromatic N) is 1. The average Bonchev–Trinajstić information content (AvgIpc) is 2.86. The molecule has 2 nitrogen and oxygen atoms in total. The first kappa shape index (κ1) is 19.4. The Hall–Kier alpha value is -1.90. The Bertz CT molecular complexity index is 724. The maximum atomic E-state index is 13.3. The molecule has 1 aliphatic rings. The lowest BCUT2D eigenvalue weighted by Crippen LogP contribution is -2.39. The van der Waals surface area contributed by atoms with Gasteiger partial charge in [0.25, 0.3) is 0 Å². The standard InChI is InChI=1S/C22H25NO.ClH/c1-23(2)17-22(16-19-11-7-4-8-12-19)14-13-20(21(22)24)15-18-9-5-3-6-10-18;/h3-12,15H,13-14,16-17H2,1-2H3;1H/b20-15+;. The van der Waals surface area contributed by atoms with Crippen molar-refractivity contribution in [3.8, 4) is 0 Å². The normalized spacial score (nSPS) is 21.6. The molecule has 1 fully saturated rings. The minimum absolute atomic E-state index is 0. The number of carbonyl (C=O) groups is 1. The predicted molar refractivity (Wildman–Crippen MR) is 107 cm³/mol. The summed E-state index contributed by atoms with van der Waals surface area (Å²) in [5.41, 5.74) is 3.03. The highest BCUT2D eigenvalue weighted by atomic mass is 35.5. The van der Waals surface area contributed by atoms with Crippen LogP contribution in [0.1, 0.15) is 24.0 Å². The second kappa shape index (κ2) is 8.46. The molecule has 1 unspecified atom stereocenters. The summed E-state index contributed by atoms with van der Waals surface area (Å²) in [7, 11) is 4.11. The number of hydrogen-bond acceptors (Lipinski definition) is 2.